The van der Waals surface area contributed by atoms with E-state index in [4.69, 9.17) is 0 Å². The molecule has 0 atom stereocenters. The Morgan fingerprint density at radius 3 is 1.54 bits per heavy atom. The molecule has 5 heteroatoms. The number of aryl methyl sites for hydroxylation is 1. The molecular formula is C23H20N2O2S. The lowest BCUT2D eigenvalue weighted by Gasteiger charge is -2.27. The van der Waals surface area contributed by atoms with Crippen LogP contribution in [-0.2, 0) is 16.0 Å². The van der Waals surface area contributed by atoms with Crippen molar-refractivity contribution in [3.63, 3.8) is 0 Å². The van der Waals surface area contributed by atoms with Crippen LogP contribution in [0.3, 0.4) is 0 Å². The van der Waals surface area contributed by atoms with Gasteiger partial charge in [0.05, 0.1) is 11.4 Å². The fraction of sp³-hybridized carbons (Fsp3) is 0.130. The highest BCUT2D eigenvalue weighted by molar-refractivity contribution is 8.01. The van der Waals surface area contributed by atoms with E-state index in [0.29, 0.717) is 17.1 Å². The molecule has 3 aromatic carbocycles. The quantitative estimate of drug-likeness (QED) is 0.590. The monoisotopic (exact) mass is 388 g/mol. The van der Waals surface area contributed by atoms with Crippen molar-refractivity contribution in [2.75, 3.05) is 15.8 Å². The van der Waals surface area contributed by atoms with Crippen molar-refractivity contribution in [3.8, 4) is 0 Å². The van der Waals surface area contributed by atoms with E-state index in [0.717, 1.165) is 6.42 Å². The number of nitrogens with zero attached hydrogens (tertiary/aromatic N) is 2. The van der Waals surface area contributed by atoms with E-state index in [1.807, 2.05) is 78.9 Å². The van der Waals surface area contributed by atoms with Gasteiger partial charge in [-0.3, -0.25) is 9.59 Å². The highest BCUT2D eigenvalue weighted by atomic mass is 32.2. The van der Waals surface area contributed by atoms with E-state index in [1.165, 1.54) is 27.3 Å². The van der Waals surface area contributed by atoms with Crippen LogP contribution in [0.15, 0.2) is 91.0 Å². The van der Waals surface area contributed by atoms with Crippen LogP contribution in [0.25, 0.3) is 0 Å². The van der Waals surface area contributed by atoms with Crippen molar-refractivity contribution in [2.45, 2.75) is 11.7 Å². The first kappa shape index (κ1) is 18.3. The average molecular weight is 388 g/mol. The molecule has 0 radical (unpaired) electrons. The van der Waals surface area contributed by atoms with Gasteiger partial charge in [-0.15, -0.1) is 11.8 Å². The van der Waals surface area contributed by atoms with Crippen molar-refractivity contribution >= 4 is 35.0 Å². The van der Waals surface area contributed by atoms with Crippen LogP contribution in [-0.4, -0.2) is 22.8 Å². The molecule has 1 fully saturated rings. The zero-order valence-electron chi connectivity index (χ0n) is 15.3. The third kappa shape index (κ3) is 3.66. The van der Waals surface area contributed by atoms with Gasteiger partial charge in [0, 0.05) is 0 Å². The number of benzene rings is 3. The summed E-state index contributed by atoms with van der Waals surface area (Å²) in [7, 11) is 0. The highest BCUT2D eigenvalue weighted by Crippen LogP contribution is 2.33. The number of carbonyl (C=O) groups is 2. The van der Waals surface area contributed by atoms with E-state index >= 15 is 0 Å². The normalized spacial score (nSPS) is 14.7. The summed E-state index contributed by atoms with van der Waals surface area (Å²) in [6, 6.07) is 28.7. The highest BCUT2D eigenvalue weighted by Gasteiger charge is 2.47. The molecular weight excluding hydrogens is 368 g/mol. The van der Waals surface area contributed by atoms with Crippen LogP contribution >= 0.6 is 11.8 Å². The summed E-state index contributed by atoms with van der Waals surface area (Å²) in [5.41, 5.74) is 2.58. The first-order chi connectivity index (χ1) is 13.8. The van der Waals surface area contributed by atoms with Crippen LogP contribution in [0, 0.1) is 0 Å². The molecule has 3 aromatic rings. The van der Waals surface area contributed by atoms with Crippen molar-refractivity contribution in [1.29, 1.82) is 0 Å². The second kappa shape index (κ2) is 8.31. The van der Waals surface area contributed by atoms with E-state index in [1.54, 1.807) is 0 Å². The third-order valence-electron chi connectivity index (χ3n) is 4.59. The molecule has 1 heterocycles. The van der Waals surface area contributed by atoms with Crippen LogP contribution < -0.4 is 10.0 Å². The summed E-state index contributed by atoms with van der Waals surface area (Å²) in [6.07, 6.45) is 0.819. The van der Waals surface area contributed by atoms with E-state index in [2.05, 4.69) is 12.1 Å². The predicted molar refractivity (Wildman–Crippen MR) is 114 cm³/mol. The summed E-state index contributed by atoms with van der Waals surface area (Å²) in [4.78, 5) is 26.4. The zero-order chi connectivity index (χ0) is 19.3. The Hall–Kier alpha value is -3.05. The van der Waals surface area contributed by atoms with Gasteiger partial charge in [0.1, 0.15) is 0 Å². The van der Waals surface area contributed by atoms with Gasteiger partial charge in [0.15, 0.2) is 5.25 Å². The second-order valence-corrected chi connectivity index (χ2v) is 7.67. The maximum atomic E-state index is 13.2. The molecule has 1 saturated heterocycles. The second-order valence-electron chi connectivity index (χ2n) is 6.46. The Morgan fingerprint density at radius 1 is 0.643 bits per heavy atom. The Morgan fingerprint density at radius 2 is 1.07 bits per heavy atom. The molecule has 2 amide bonds. The fourth-order valence-electron chi connectivity index (χ4n) is 3.23. The maximum absolute atomic E-state index is 13.2. The number of amides is 2. The number of para-hydroxylation sites is 2. The first-order valence-corrected chi connectivity index (χ1v) is 10.2. The standard InChI is InChI=1S/C23H20N2O2S/c26-22-21(28-17-16-18-10-4-1-5-11-18)23(27)25(20-14-8-3-9-15-20)24(22)19-12-6-2-7-13-19/h1-15,21H,16-17H2. The number of carbonyl (C=O) groups excluding carboxylic acids is 2. The fourth-order valence-corrected chi connectivity index (χ4v) is 4.30. The maximum Gasteiger partial charge on any atom is 0.269 e. The topological polar surface area (TPSA) is 40.6 Å². The molecule has 0 spiro atoms. The van der Waals surface area contributed by atoms with Crippen LogP contribution in [0.2, 0.25) is 0 Å². The van der Waals surface area contributed by atoms with Crippen LogP contribution in [0.1, 0.15) is 5.56 Å². The number of hydrazine groups is 1. The van der Waals surface area contributed by atoms with Gasteiger partial charge in [0.25, 0.3) is 11.8 Å². The molecule has 140 valence electrons. The predicted octanol–water partition coefficient (Wildman–Crippen LogP) is 4.33. The number of anilines is 2. The molecule has 0 unspecified atom stereocenters. The van der Waals surface area contributed by atoms with Crippen molar-refractivity contribution in [1.82, 2.24) is 0 Å². The van der Waals surface area contributed by atoms with Gasteiger partial charge in [0.2, 0.25) is 0 Å². The van der Waals surface area contributed by atoms with E-state index in [-0.39, 0.29) is 11.8 Å². The largest absolute Gasteiger partial charge is 0.271 e. The van der Waals surface area contributed by atoms with Gasteiger partial charge in [-0.25, -0.2) is 10.0 Å². The SMILES string of the molecule is O=C1C(SCCc2ccccc2)C(=O)N(c2ccccc2)N1c1ccccc1. The number of rotatable bonds is 6. The summed E-state index contributed by atoms with van der Waals surface area (Å²) in [6.45, 7) is 0. The summed E-state index contributed by atoms with van der Waals surface area (Å²) in [5.74, 6) is 0.313. The van der Waals surface area contributed by atoms with E-state index in [9.17, 15) is 9.59 Å². The number of hydrogen-bond donors (Lipinski definition) is 0. The lowest BCUT2D eigenvalue weighted by molar-refractivity contribution is -0.120. The molecule has 4 nitrogen and oxygen atoms in total. The van der Waals surface area contributed by atoms with Crippen molar-refractivity contribution < 1.29 is 9.59 Å². The van der Waals surface area contributed by atoms with Gasteiger partial charge in [-0.1, -0.05) is 66.7 Å². The van der Waals surface area contributed by atoms with Gasteiger partial charge >= 0.3 is 0 Å². The average Bonchev–Trinajstić information content (AvgIpc) is 3.00. The van der Waals surface area contributed by atoms with Gasteiger partial charge in [-0.2, -0.15) is 0 Å². The number of thioether (sulfide) groups is 1. The Bertz CT molecular complexity index is 891. The summed E-state index contributed by atoms with van der Waals surface area (Å²) >= 11 is 1.41. The Balaban J connectivity index is 1.58. The minimum Gasteiger partial charge on any atom is -0.271 e. The molecule has 4 rings (SSSR count). The lowest BCUT2D eigenvalue weighted by atomic mass is 10.2. The van der Waals surface area contributed by atoms with Gasteiger partial charge < -0.3 is 0 Å². The van der Waals surface area contributed by atoms with Crippen LogP contribution in [0.4, 0.5) is 11.4 Å². The minimum absolute atomic E-state index is 0.196. The van der Waals surface area contributed by atoms with Crippen molar-refractivity contribution in [3.05, 3.63) is 96.6 Å². The molecule has 28 heavy (non-hydrogen) atoms. The van der Waals surface area contributed by atoms with Crippen LogP contribution in [0.5, 0.6) is 0 Å². The minimum atomic E-state index is -0.732. The molecule has 0 bridgehead atoms. The molecule has 1 aliphatic heterocycles. The first-order valence-electron chi connectivity index (χ1n) is 9.19. The summed E-state index contributed by atoms with van der Waals surface area (Å²) < 4.78 is 0. The van der Waals surface area contributed by atoms with Gasteiger partial charge in [-0.05, 0) is 42.0 Å². The Kier molecular flexibility index (Phi) is 5.44. The van der Waals surface area contributed by atoms with E-state index < -0.39 is 5.25 Å². The number of hydrogen-bond acceptors (Lipinski definition) is 3. The molecule has 0 aliphatic carbocycles. The molecule has 0 N–H and O–H groups in total. The smallest absolute Gasteiger partial charge is 0.269 e. The lowest BCUT2D eigenvalue weighted by Crippen LogP contribution is -2.41. The molecule has 0 saturated carbocycles. The molecule has 1 aliphatic rings. The molecule has 0 aromatic heterocycles. The zero-order valence-corrected chi connectivity index (χ0v) is 16.1. The Labute approximate surface area is 168 Å². The summed E-state index contributed by atoms with van der Waals surface area (Å²) in [5, 5.41) is 2.26. The third-order valence-corrected chi connectivity index (χ3v) is 5.76. The van der Waals surface area contributed by atoms with Crippen molar-refractivity contribution in [2.24, 2.45) is 0 Å².